The molecule has 1 aliphatic rings. The van der Waals surface area contributed by atoms with E-state index in [0.717, 1.165) is 18.4 Å². The fourth-order valence-electron chi connectivity index (χ4n) is 4.08. The Hall–Kier alpha value is -2.91. The number of rotatable bonds is 5. The number of likely N-dealkylation sites (tertiary alicyclic amines) is 1. The number of sulfonamides is 1. The first-order valence-corrected chi connectivity index (χ1v) is 12.4. The molecule has 1 unspecified atom stereocenters. The Kier molecular flexibility index (Phi) is 6.45. The highest BCUT2D eigenvalue weighted by molar-refractivity contribution is 7.89. The number of fused-ring (bicyclic) bond motifs is 1. The van der Waals surface area contributed by atoms with Crippen molar-refractivity contribution < 1.29 is 17.6 Å². The van der Waals surface area contributed by atoms with E-state index in [4.69, 9.17) is 0 Å². The van der Waals surface area contributed by atoms with Crippen LogP contribution in [0, 0.1) is 32.5 Å². The van der Waals surface area contributed by atoms with Crippen molar-refractivity contribution in [3.8, 4) is 0 Å². The number of hydrogen-bond donors (Lipinski definition) is 1. The minimum Gasteiger partial charge on any atom is -0.338 e. The van der Waals surface area contributed by atoms with Crippen molar-refractivity contribution in [2.45, 2.75) is 38.5 Å². The maximum Gasteiger partial charge on any atom is 0.256 e. The normalized spacial score (nSPS) is 16.8. The molecule has 1 atom stereocenters. The van der Waals surface area contributed by atoms with Crippen LogP contribution in [-0.4, -0.2) is 48.8 Å². The van der Waals surface area contributed by atoms with E-state index in [1.165, 1.54) is 12.1 Å². The Morgan fingerprint density at radius 2 is 1.82 bits per heavy atom. The average Bonchev–Trinajstić information content (AvgIpc) is 2.78. The summed E-state index contributed by atoms with van der Waals surface area (Å²) in [4.78, 5) is 24.1. The number of nitrogens with zero attached hydrogens (tertiary/aromatic N) is 3. The number of carbonyl (C=O) groups excluding carboxylic acids is 1. The predicted octanol–water partition coefficient (Wildman–Crippen LogP) is 3.52. The van der Waals surface area contributed by atoms with E-state index in [1.807, 2.05) is 6.92 Å². The summed E-state index contributed by atoms with van der Waals surface area (Å²) in [5, 5.41) is 0. The van der Waals surface area contributed by atoms with Crippen LogP contribution in [0.5, 0.6) is 0 Å². The highest BCUT2D eigenvalue weighted by Gasteiger charge is 2.28. The summed E-state index contributed by atoms with van der Waals surface area (Å²) in [5.41, 5.74) is 3.26. The van der Waals surface area contributed by atoms with E-state index >= 15 is 0 Å². The molecule has 2 aromatic carbocycles. The zero-order valence-electron chi connectivity index (χ0n) is 18.9. The Morgan fingerprint density at radius 3 is 2.55 bits per heavy atom. The van der Waals surface area contributed by atoms with Gasteiger partial charge in [-0.1, -0.05) is 17.7 Å². The van der Waals surface area contributed by atoms with E-state index in [1.54, 1.807) is 43.0 Å². The van der Waals surface area contributed by atoms with Crippen LogP contribution < -0.4 is 4.72 Å². The number of nitrogens with one attached hydrogen (secondary N) is 1. The first kappa shape index (κ1) is 23.3. The van der Waals surface area contributed by atoms with Crippen LogP contribution in [0.2, 0.25) is 0 Å². The van der Waals surface area contributed by atoms with E-state index in [0.29, 0.717) is 35.5 Å². The first-order valence-electron chi connectivity index (χ1n) is 10.9. The van der Waals surface area contributed by atoms with Crippen molar-refractivity contribution in [3.05, 3.63) is 64.7 Å². The summed E-state index contributed by atoms with van der Waals surface area (Å²) >= 11 is 0. The lowest BCUT2D eigenvalue weighted by Crippen LogP contribution is -2.43. The molecule has 1 aliphatic heterocycles. The van der Waals surface area contributed by atoms with Crippen molar-refractivity contribution in [1.82, 2.24) is 19.6 Å². The molecule has 33 heavy (non-hydrogen) atoms. The van der Waals surface area contributed by atoms with Crippen LogP contribution in [0.3, 0.4) is 0 Å². The van der Waals surface area contributed by atoms with Crippen molar-refractivity contribution in [3.63, 3.8) is 0 Å². The lowest BCUT2D eigenvalue weighted by molar-refractivity contribution is 0.0677. The van der Waals surface area contributed by atoms with Crippen LogP contribution in [0.4, 0.5) is 4.39 Å². The average molecular weight is 471 g/mol. The van der Waals surface area contributed by atoms with Gasteiger partial charge in [-0.15, -0.1) is 0 Å². The maximum absolute atomic E-state index is 14.3. The van der Waals surface area contributed by atoms with Gasteiger partial charge in [0.05, 0.1) is 27.4 Å². The molecular formula is C24H27FN4O3S. The van der Waals surface area contributed by atoms with E-state index in [-0.39, 0.29) is 28.8 Å². The third kappa shape index (κ3) is 5.04. The quantitative estimate of drug-likeness (QED) is 0.616. The van der Waals surface area contributed by atoms with Gasteiger partial charge in [0.15, 0.2) is 0 Å². The Bertz CT molecular complexity index is 1310. The molecule has 0 saturated carbocycles. The molecule has 0 bridgehead atoms. The van der Waals surface area contributed by atoms with Crippen LogP contribution in [0.1, 0.15) is 40.2 Å². The van der Waals surface area contributed by atoms with E-state index < -0.39 is 15.8 Å². The van der Waals surface area contributed by atoms with Gasteiger partial charge >= 0.3 is 0 Å². The summed E-state index contributed by atoms with van der Waals surface area (Å²) in [6, 6.07) is 9.15. The van der Waals surface area contributed by atoms with Crippen LogP contribution in [0.15, 0.2) is 41.3 Å². The molecule has 1 fully saturated rings. The molecule has 7 nitrogen and oxygen atoms in total. The smallest absolute Gasteiger partial charge is 0.256 e. The fourth-order valence-corrected chi connectivity index (χ4v) is 5.19. The zero-order chi connectivity index (χ0) is 23.8. The number of carbonyl (C=O) groups is 1. The van der Waals surface area contributed by atoms with Gasteiger partial charge in [-0.05, 0) is 57.7 Å². The lowest BCUT2D eigenvalue weighted by Gasteiger charge is -2.33. The number of aromatic nitrogens is 2. The maximum atomic E-state index is 14.3. The van der Waals surface area contributed by atoms with Gasteiger partial charge in [-0.3, -0.25) is 4.79 Å². The molecule has 4 rings (SSSR count). The minimum atomic E-state index is -3.63. The van der Waals surface area contributed by atoms with Gasteiger partial charge in [0, 0.05) is 25.7 Å². The van der Waals surface area contributed by atoms with E-state index in [9.17, 15) is 17.6 Å². The van der Waals surface area contributed by atoms with E-state index in [2.05, 4.69) is 14.7 Å². The molecule has 1 N–H and O–H groups in total. The van der Waals surface area contributed by atoms with Crippen LogP contribution >= 0.6 is 0 Å². The van der Waals surface area contributed by atoms with Crippen molar-refractivity contribution in [1.29, 1.82) is 0 Å². The monoisotopic (exact) mass is 470 g/mol. The summed E-state index contributed by atoms with van der Waals surface area (Å²) in [6.07, 6.45) is 1.53. The third-order valence-corrected chi connectivity index (χ3v) is 7.52. The number of hydrogen-bond acceptors (Lipinski definition) is 5. The van der Waals surface area contributed by atoms with Crippen LogP contribution in [-0.2, 0) is 10.0 Å². The molecule has 0 spiro atoms. The molecule has 0 aliphatic carbocycles. The number of aryl methyl sites for hydroxylation is 3. The van der Waals surface area contributed by atoms with Gasteiger partial charge in [-0.25, -0.2) is 27.5 Å². The molecular weight excluding hydrogens is 443 g/mol. The SMILES string of the molecule is Cc1ccc(S(=O)(=O)NCC2CCCN(C(=O)c3cc(F)cc4nc(C)c(C)nc34)C2)cc1. The number of amides is 1. The van der Waals surface area contributed by atoms with Gasteiger partial charge in [0.25, 0.3) is 5.91 Å². The molecule has 1 aromatic heterocycles. The Morgan fingerprint density at radius 1 is 1.12 bits per heavy atom. The summed E-state index contributed by atoms with van der Waals surface area (Å²) in [6.45, 7) is 6.62. The molecule has 174 valence electrons. The van der Waals surface area contributed by atoms with Gasteiger partial charge in [-0.2, -0.15) is 0 Å². The molecule has 1 amide bonds. The summed E-state index contributed by atoms with van der Waals surface area (Å²) in [5.74, 6) is -0.899. The van der Waals surface area contributed by atoms with Crippen LogP contribution in [0.25, 0.3) is 11.0 Å². The van der Waals surface area contributed by atoms with Gasteiger partial charge < -0.3 is 4.90 Å². The van der Waals surface area contributed by atoms with Crippen molar-refractivity contribution in [2.75, 3.05) is 19.6 Å². The summed E-state index contributed by atoms with van der Waals surface area (Å²) in [7, 11) is -3.63. The lowest BCUT2D eigenvalue weighted by atomic mass is 9.97. The molecule has 1 saturated heterocycles. The van der Waals surface area contributed by atoms with Gasteiger partial charge in [0.1, 0.15) is 11.3 Å². The standard InChI is InChI=1S/C24H27FN4O3S/c1-15-6-8-20(9-7-15)33(31,32)26-13-18-5-4-10-29(14-18)24(30)21-11-19(25)12-22-23(21)28-17(3)16(2)27-22/h6-9,11-12,18,26H,4-5,10,13-14H2,1-3H3. The number of benzene rings is 2. The predicted molar refractivity (Wildman–Crippen MR) is 124 cm³/mol. The third-order valence-electron chi connectivity index (χ3n) is 6.08. The molecule has 2 heterocycles. The highest BCUT2D eigenvalue weighted by Crippen LogP contribution is 2.24. The van der Waals surface area contributed by atoms with Gasteiger partial charge in [0.2, 0.25) is 10.0 Å². The molecule has 9 heteroatoms. The topological polar surface area (TPSA) is 92.3 Å². The van der Waals surface area contributed by atoms with Crippen molar-refractivity contribution in [2.24, 2.45) is 5.92 Å². The number of halogens is 1. The molecule has 3 aromatic rings. The fraction of sp³-hybridized carbons (Fsp3) is 0.375. The number of piperidine rings is 1. The Labute approximate surface area is 193 Å². The van der Waals surface area contributed by atoms with Crippen molar-refractivity contribution >= 4 is 27.0 Å². The zero-order valence-corrected chi connectivity index (χ0v) is 19.7. The molecule has 0 radical (unpaired) electrons. The second-order valence-electron chi connectivity index (χ2n) is 8.64. The second-order valence-corrected chi connectivity index (χ2v) is 10.4. The minimum absolute atomic E-state index is 0.0437. The highest BCUT2D eigenvalue weighted by atomic mass is 32.2. The Balaban J connectivity index is 1.50. The summed E-state index contributed by atoms with van der Waals surface area (Å²) < 4.78 is 42.2. The largest absolute Gasteiger partial charge is 0.338 e. The first-order chi connectivity index (χ1) is 15.6. The second kappa shape index (κ2) is 9.15.